The van der Waals surface area contributed by atoms with Crippen LogP contribution in [-0.2, 0) is 13.1 Å². The molecule has 1 saturated heterocycles. The lowest BCUT2D eigenvalue weighted by Crippen LogP contribution is -2.43. The minimum absolute atomic E-state index is 0.0215. The van der Waals surface area contributed by atoms with Gasteiger partial charge in [0.15, 0.2) is 5.65 Å². The minimum Gasteiger partial charge on any atom is -0.369 e. The maximum absolute atomic E-state index is 12.9. The molecule has 1 aliphatic heterocycles. The molecule has 6 rings (SSSR count). The number of anilines is 3. The normalized spacial score (nSPS) is 18.3. The van der Waals surface area contributed by atoms with Gasteiger partial charge in [0, 0.05) is 66.3 Å². The maximum atomic E-state index is 12.9. The summed E-state index contributed by atoms with van der Waals surface area (Å²) >= 11 is 0. The number of nitrogens with zero attached hydrogens (tertiary/aromatic N) is 7. The number of nitrogens with two attached hydrogens (primary N) is 1. The van der Waals surface area contributed by atoms with Crippen molar-refractivity contribution in [1.29, 1.82) is 0 Å². The van der Waals surface area contributed by atoms with Crippen LogP contribution in [0.4, 0.5) is 30.5 Å². The molecule has 3 N–H and O–H groups in total. The largest absolute Gasteiger partial charge is 0.408 e. The third kappa shape index (κ3) is 5.31. The van der Waals surface area contributed by atoms with Crippen molar-refractivity contribution in [2.75, 3.05) is 23.3 Å². The third-order valence-electron chi connectivity index (χ3n) is 7.13. The molecule has 2 aliphatic rings. The van der Waals surface area contributed by atoms with Crippen molar-refractivity contribution in [2.24, 2.45) is 11.7 Å². The molecular weight excluding hydrogens is 495 g/mol. The van der Waals surface area contributed by atoms with E-state index < -0.39 is 12.7 Å². The topological polar surface area (TPSA) is 103 Å². The van der Waals surface area contributed by atoms with Crippen LogP contribution < -0.4 is 16.0 Å². The molecule has 1 aliphatic carbocycles. The van der Waals surface area contributed by atoms with Crippen LogP contribution in [0.2, 0.25) is 0 Å². The van der Waals surface area contributed by atoms with Gasteiger partial charge in [-0.3, -0.25) is 4.68 Å². The van der Waals surface area contributed by atoms with Crippen LogP contribution in [0.3, 0.4) is 0 Å². The molecule has 5 heterocycles. The van der Waals surface area contributed by atoms with Crippen molar-refractivity contribution < 1.29 is 13.2 Å². The number of hydrogen-bond donors (Lipinski definition) is 2. The van der Waals surface area contributed by atoms with E-state index in [9.17, 15) is 13.2 Å². The zero-order valence-corrected chi connectivity index (χ0v) is 21.1. The first-order valence-corrected chi connectivity index (χ1v) is 12.9. The summed E-state index contributed by atoms with van der Waals surface area (Å²) in [7, 11) is 0. The molecule has 0 aromatic carbocycles. The SMILES string of the molecule is Cc1nn(CC2CC2)c2nc(Nc3cc(N4CCC[C@H](N)C4)c(-c4cnn(CC(F)(F)F)c4)cn3)ccc12. The van der Waals surface area contributed by atoms with E-state index in [-0.39, 0.29) is 6.04 Å². The molecular formula is C26H30F3N9. The van der Waals surface area contributed by atoms with Gasteiger partial charge in [0.05, 0.1) is 11.9 Å². The number of aromatic nitrogens is 6. The summed E-state index contributed by atoms with van der Waals surface area (Å²) in [5.41, 5.74) is 10.2. The second kappa shape index (κ2) is 9.57. The predicted octanol–water partition coefficient (Wildman–Crippen LogP) is 4.64. The Morgan fingerprint density at radius 1 is 1.13 bits per heavy atom. The lowest BCUT2D eigenvalue weighted by Gasteiger charge is -2.34. The Labute approximate surface area is 217 Å². The monoisotopic (exact) mass is 525 g/mol. The zero-order chi connectivity index (χ0) is 26.4. The number of aryl methyl sites for hydroxylation is 1. The number of rotatable bonds is 7. The number of piperidine rings is 1. The molecule has 0 amide bonds. The molecule has 1 atom stereocenters. The highest BCUT2D eigenvalue weighted by molar-refractivity contribution is 5.82. The first kappa shape index (κ1) is 24.7. The van der Waals surface area contributed by atoms with Gasteiger partial charge in [-0.1, -0.05) is 0 Å². The van der Waals surface area contributed by atoms with Gasteiger partial charge in [0.25, 0.3) is 0 Å². The lowest BCUT2D eigenvalue weighted by atomic mass is 10.0. The summed E-state index contributed by atoms with van der Waals surface area (Å²) in [5.74, 6) is 1.90. The predicted molar refractivity (Wildman–Crippen MR) is 139 cm³/mol. The second-order valence-electron chi connectivity index (χ2n) is 10.4. The number of halogens is 3. The molecule has 0 bridgehead atoms. The number of pyridine rings is 2. The summed E-state index contributed by atoms with van der Waals surface area (Å²) in [6.07, 6.45) is 4.50. The Bertz CT molecular complexity index is 1450. The Morgan fingerprint density at radius 2 is 1.97 bits per heavy atom. The minimum atomic E-state index is -4.35. The van der Waals surface area contributed by atoms with Gasteiger partial charge in [-0.2, -0.15) is 23.4 Å². The van der Waals surface area contributed by atoms with E-state index in [4.69, 9.17) is 10.7 Å². The number of alkyl halides is 3. The highest BCUT2D eigenvalue weighted by Gasteiger charge is 2.29. The summed E-state index contributed by atoms with van der Waals surface area (Å²) in [6.45, 7) is 3.17. The lowest BCUT2D eigenvalue weighted by molar-refractivity contribution is -0.142. The van der Waals surface area contributed by atoms with Crippen molar-refractivity contribution in [1.82, 2.24) is 29.5 Å². The average molecular weight is 526 g/mol. The van der Waals surface area contributed by atoms with E-state index in [2.05, 4.69) is 25.4 Å². The van der Waals surface area contributed by atoms with Crippen LogP contribution in [0.15, 0.2) is 36.8 Å². The van der Waals surface area contributed by atoms with Crippen molar-refractivity contribution in [3.05, 3.63) is 42.5 Å². The Kier molecular flexibility index (Phi) is 6.21. The number of nitrogens with one attached hydrogen (secondary N) is 1. The van der Waals surface area contributed by atoms with Crippen molar-refractivity contribution in [3.8, 4) is 11.1 Å². The highest BCUT2D eigenvalue weighted by Crippen LogP contribution is 2.35. The standard InChI is InChI=1S/C26H30F3N9/c1-16-20-6-7-23(34-25(20)38(35-16)12-17-4-5-17)33-24-9-22(36-8-2-3-19(30)14-36)21(11-31-24)18-10-32-37(13-18)15-26(27,28)29/h6-7,9-11,13,17,19H,2-5,8,12,14-15,30H2,1H3,(H,31,33,34)/t19-/m0/s1. The molecule has 4 aromatic heterocycles. The first-order chi connectivity index (χ1) is 18.2. The fourth-order valence-corrected chi connectivity index (χ4v) is 5.08. The van der Waals surface area contributed by atoms with Gasteiger partial charge < -0.3 is 16.0 Å². The van der Waals surface area contributed by atoms with Gasteiger partial charge in [0.1, 0.15) is 18.2 Å². The van der Waals surface area contributed by atoms with E-state index in [1.807, 2.05) is 29.8 Å². The maximum Gasteiger partial charge on any atom is 0.408 e. The molecule has 38 heavy (non-hydrogen) atoms. The Morgan fingerprint density at radius 3 is 2.74 bits per heavy atom. The van der Waals surface area contributed by atoms with Crippen LogP contribution in [0.5, 0.6) is 0 Å². The molecule has 0 spiro atoms. The number of hydrogen-bond acceptors (Lipinski definition) is 7. The fourth-order valence-electron chi connectivity index (χ4n) is 5.08. The molecule has 200 valence electrons. The van der Waals surface area contributed by atoms with Gasteiger partial charge >= 0.3 is 6.18 Å². The van der Waals surface area contributed by atoms with E-state index in [1.165, 1.54) is 25.2 Å². The molecule has 2 fully saturated rings. The van der Waals surface area contributed by atoms with E-state index in [1.54, 1.807) is 6.20 Å². The van der Waals surface area contributed by atoms with Crippen molar-refractivity contribution in [2.45, 2.75) is 57.9 Å². The van der Waals surface area contributed by atoms with Crippen LogP contribution in [-0.4, -0.2) is 54.8 Å². The van der Waals surface area contributed by atoms with Crippen LogP contribution in [0.1, 0.15) is 31.4 Å². The number of fused-ring (bicyclic) bond motifs is 1. The molecule has 12 heteroatoms. The van der Waals surface area contributed by atoms with Crippen LogP contribution >= 0.6 is 0 Å². The van der Waals surface area contributed by atoms with E-state index >= 15 is 0 Å². The average Bonchev–Trinajstić information content (AvgIpc) is 3.49. The van der Waals surface area contributed by atoms with E-state index in [0.29, 0.717) is 35.2 Å². The Balaban J connectivity index is 1.32. The van der Waals surface area contributed by atoms with Gasteiger partial charge in [-0.25, -0.2) is 14.6 Å². The van der Waals surface area contributed by atoms with Crippen molar-refractivity contribution in [3.63, 3.8) is 0 Å². The zero-order valence-electron chi connectivity index (χ0n) is 21.1. The quantitative estimate of drug-likeness (QED) is 0.362. The molecule has 0 radical (unpaired) electrons. The molecule has 4 aromatic rings. The Hall–Kier alpha value is -3.67. The van der Waals surface area contributed by atoms with Crippen LogP contribution in [0.25, 0.3) is 22.2 Å². The molecule has 1 saturated carbocycles. The van der Waals surface area contributed by atoms with Gasteiger partial charge in [-0.05, 0) is 50.7 Å². The van der Waals surface area contributed by atoms with Gasteiger partial charge in [-0.15, -0.1) is 0 Å². The van der Waals surface area contributed by atoms with Crippen molar-refractivity contribution >= 4 is 28.4 Å². The summed E-state index contributed by atoms with van der Waals surface area (Å²) in [4.78, 5) is 11.6. The summed E-state index contributed by atoms with van der Waals surface area (Å²) in [6, 6.07) is 5.86. The highest BCUT2D eigenvalue weighted by atomic mass is 19.4. The van der Waals surface area contributed by atoms with E-state index in [0.717, 1.165) is 53.0 Å². The molecule has 9 nitrogen and oxygen atoms in total. The smallest absolute Gasteiger partial charge is 0.369 e. The van der Waals surface area contributed by atoms with Crippen LogP contribution in [0, 0.1) is 12.8 Å². The molecule has 0 unspecified atom stereocenters. The second-order valence-corrected chi connectivity index (χ2v) is 10.4. The summed E-state index contributed by atoms with van der Waals surface area (Å²) in [5, 5.41) is 13.0. The third-order valence-corrected chi connectivity index (χ3v) is 7.13. The first-order valence-electron chi connectivity index (χ1n) is 12.9. The fraction of sp³-hybridized carbons (Fsp3) is 0.462. The summed E-state index contributed by atoms with van der Waals surface area (Å²) < 4.78 is 41.6. The van der Waals surface area contributed by atoms with Gasteiger partial charge in [0.2, 0.25) is 0 Å².